The van der Waals surface area contributed by atoms with Crippen LogP contribution in [0.3, 0.4) is 0 Å². The van der Waals surface area contributed by atoms with Gasteiger partial charge in [0, 0.05) is 0 Å². The molecular weight excluding hydrogens is 239 g/mol. The number of allylic oxidation sites excluding steroid dienone is 2. The van der Waals surface area contributed by atoms with Crippen LogP contribution in [0.4, 0.5) is 4.39 Å². The summed E-state index contributed by atoms with van der Waals surface area (Å²) >= 11 is 0. The third kappa shape index (κ3) is 6.92. The highest BCUT2D eigenvalue weighted by Crippen LogP contribution is 2.16. The van der Waals surface area contributed by atoms with E-state index in [0.717, 1.165) is 18.4 Å². The van der Waals surface area contributed by atoms with Crippen LogP contribution in [0.1, 0.15) is 44.6 Å². The molecule has 0 aliphatic rings. The third-order valence-electron chi connectivity index (χ3n) is 2.98. The maximum Gasteiger partial charge on any atom is 0.123 e. The van der Waals surface area contributed by atoms with Gasteiger partial charge in [-0.3, -0.25) is 0 Å². The summed E-state index contributed by atoms with van der Waals surface area (Å²) in [6, 6.07) is 6.48. The third-order valence-corrected chi connectivity index (χ3v) is 2.98. The number of aliphatic hydroxyl groups excluding tert-OH is 1. The SMILES string of the molecule is CCCCCCC(/C=C/CO)=C\c1ccc(F)cc1. The maximum absolute atomic E-state index is 12.8. The molecule has 0 aromatic heterocycles. The highest BCUT2D eigenvalue weighted by molar-refractivity contribution is 5.55. The van der Waals surface area contributed by atoms with Crippen LogP contribution in [0.25, 0.3) is 6.08 Å². The van der Waals surface area contributed by atoms with E-state index in [2.05, 4.69) is 13.0 Å². The zero-order chi connectivity index (χ0) is 13.9. The molecule has 0 saturated carbocycles. The minimum atomic E-state index is -0.215. The second-order valence-corrected chi connectivity index (χ2v) is 4.67. The average Bonchev–Trinajstić information content (AvgIpc) is 2.43. The Bertz CT molecular complexity index is 404. The van der Waals surface area contributed by atoms with Crippen LogP contribution in [-0.4, -0.2) is 11.7 Å². The highest BCUT2D eigenvalue weighted by atomic mass is 19.1. The molecule has 1 aromatic rings. The second-order valence-electron chi connectivity index (χ2n) is 4.67. The van der Waals surface area contributed by atoms with Gasteiger partial charge in [0.05, 0.1) is 6.61 Å². The van der Waals surface area contributed by atoms with E-state index in [4.69, 9.17) is 5.11 Å². The van der Waals surface area contributed by atoms with Gasteiger partial charge in [-0.15, -0.1) is 0 Å². The molecule has 1 nitrogen and oxygen atoms in total. The first-order chi connectivity index (χ1) is 9.26. The predicted octanol–water partition coefficient (Wildman–Crippen LogP) is 4.73. The molecule has 0 radical (unpaired) electrons. The van der Waals surface area contributed by atoms with Gasteiger partial charge in [-0.05, 0) is 36.1 Å². The van der Waals surface area contributed by atoms with E-state index in [1.54, 1.807) is 18.2 Å². The highest BCUT2D eigenvalue weighted by Gasteiger charge is 1.96. The molecule has 104 valence electrons. The lowest BCUT2D eigenvalue weighted by Crippen LogP contribution is -1.84. The zero-order valence-electron chi connectivity index (χ0n) is 11.6. The predicted molar refractivity (Wildman–Crippen MR) is 79.4 cm³/mol. The van der Waals surface area contributed by atoms with Crippen molar-refractivity contribution in [2.75, 3.05) is 6.61 Å². The standard InChI is InChI=1S/C17H23FO/c1-2-3-4-5-7-15(8-6-13-19)14-16-9-11-17(18)12-10-16/h6,8-12,14,19H,2-5,7,13H2,1H3/b8-6+,15-14+. The molecule has 0 saturated heterocycles. The van der Waals surface area contributed by atoms with E-state index in [1.165, 1.54) is 37.0 Å². The van der Waals surface area contributed by atoms with Gasteiger partial charge in [-0.1, -0.05) is 56.5 Å². The maximum atomic E-state index is 12.8. The van der Waals surface area contributed by atoms with Crippen molar-refractivity contribution in [3.05, 3.63) is 53.4 Å². The molecular formula is C17H23FO. The van der Waals surface area contributed by atoms with Crippen LogP contribution < -0.4 is 0 Å². The molecule has 0 amide bonds. The van der Waals surface area contributed by atoms with Gasteiger partial charge in [0.1, 0.15) is 5.82 Å². The fourth-order valence-electron chi connectivity index (χ4n) is 1.94. The van der Waals surface area contributed by atoms with Crippen molar-refractivity contribution in [3.63, 3.8) is 0 Å². The molecule has 0 heterocycles. The Balaban J connectivity index is 2.66. The number of halogens is 1. The number of benzene rings is 1. The molecule has 19 heavy (non-hydrogen) atoms. The molecule has 0 aliphatic carbocycles. The van der Waals surface area contributed by atoms with Gasteiger partial charge in [0.2, 0.25) is 0 Å². The van der Waals surface area contributed by atoms with Gasteiger partial charge in [0.25, 0.3) is 0 Å². The van der Waals surface area contributed by atoms with Gasteiger partial charge < -0.3 is 5.11 Å². The Labute approximate surface area is 115 Å². The van der Waals surface area contributed by atoms with E-state index in [9.17, 15) is 4.39 Å². The quantitative estimate of drug-likeness (QED) is 0.530. The summed E-state index contributed by atoms with van der Waals surface area (Å²) in [5.74, 6) is -0.215. The normalized spacial score (nSPS) is 12.3. The Hall–Kier alpha value is -1.41. The number of hydrogen-bond acceptors (Lipinski definition) is 1. The van der Waals surface area contributed by atoms with E-state index in [0.29, 0.717) is 0 Å². The van der Waals surface area contributed by atoms with Gasteiger partial charge >= 0.3 is 0 Å². The van der Waals surface area contributed by atoms with Crippen LogP contribution in [0.15, 0.2) is 42.0 Å². The van der Waals surface area contributed by atoms with Crippen molar-refractivity contribution < 1.29 is 9.50 Å². The Morgan fingerprint density at radius 3 is 2.53 bits per heavy atom. The second kappa shape index (κ2) is 9.51. The van der Waals surface area contributed by atoms with Gasteiger partial charge in [0.15, 0.2) is 0 Å². The lowest BCUT2D eigenvalue weighted by atomic mass is 10.0. The minimum Gasteiger partial charge on any atom is -0.392 e. The summed E-state index contributed by atoms with van der Waals surface area (Å²) < 4.78 is 12.8. The molecule has 0 bridgehead atoms. The van der Waals surface area contributed by atoms with Crippen LogP contribution in [0.5, 0.6) is 0 Å². The molecule has 0 fully saturated rings. The lowest BCUT2D eigenvalue weighted by molar-refractivity contribution is 0.342. The van der Waals surface area contributed by atoms with Crippen molar-refractivity contribution in [1.29, 1.82) is 0 Å². The fraction of sp³-hybridized carbons (Fsp3) is 0.412. The first kappa shape index (κ1) is 15.6. The molecule has 0 unspecified atom stereocenters. The first-order valence-electron chi connectivity index (χ1n) is 6.99. The zero-order valence-corrected chi connectivity index (χ0v) is 11.6. The van der Waals surface area contributed by atoms with Gasteiger partial charge in [-0.25, -0.2) is 4.39 Å². The van der Waals surface area contributed by atoms with Crippen LogP contribution in [0.2, 0.25) is 0 Å². The summed E-state index contributed by atoms with van der Waals surface area (Å²) in [7, 11) is 0. The summed E-state index contributed by atoms with van der Waals surface area (Å²) in [6.07, 6.45) is 11.6. The number of unbranched alkanes of at least 4 members (excludes halogenated alkanes) is 3. The molecule has 2 heteroatoms. The van der Waals surface area contributed by atoms with Gasteiger partial charge in [-0.2, -0.15) is 0 Å². The number of aliphatic hydroxyl groups is 1. The Kier molecular flexibility index (Phi) is 7.83. The molecule has 1 N–H and O–H groups in total. The summed E-state index contributed by atoms with van der Waals surface area (Å²) in [4.78, 5) is 0. The van der Waals surface area contributed by atoms with Crippen molar-refractivity contribution in [1.82, 2.24) is 0 Å². The molecule has 0 atom stereocenters. The largest absolute Gasteiger partial charge is 0.392 e. The Morgan fingerprint density at radius 1 is 1.16 bits per heavy atom. The monoisotopic (exact) mass is 262 g/mol. The van der Waals surface area contributed by atoms with Crippen molar-refractivity contribution in [3.8, 4) is 0 Å². The topological polar surface area (TPSA) is 20.2 Å². The van der Waals surface area contributed by atoms with Crippen molar-refractivity contribution in [2.45, 2.75) is 39.0 Å². The van der Waals surface area contributed by atoms with E-state index in [-0.39, 0.29) is 12.4 Å². The van der Waals surface area contributed by atoms with Crippen molar-refractivity contribution in [2.24, 2.45) is 0 Å². The molecule has 1 aromatic carbocycles. The summed E-state index contributed by atoms with van der Waals surface area (Å²) in [6.45, 7) is 2.25. The van der Waals surface area contributed by atoms with Crippen LogP contribution in [0, 0.1) is 5.82 Å². The summed E-state index contributed by atoms with van der Waals surface area (Å²) in [5.41, 5.74) is 2.17. The molecule has 0 spiro atoms. The fourth-order valence-corrected chi connectivity index (χ4v) is 1.94. The van der Waals surface area contributed by atoms with Crippen LogP contribution in [-0.2, 0) is 0 Å². The molecule has 1 rings (SSSR count). The van der Waals surface area contributed by atoms with E-state index < -0.39 is 0 Å². The van der Waals surface area contributed by atoms with E-state index in [1.807, 2.05) is 6.08 Å². The minimum absolute atomic E-state index is 0.0513. The smallest absolute Gasteiger partial charge is 0.123 e. The molecule has 0 aliphatic heterocycles. The average molecular weight is 262 g/mol. The van der Waals surface area contributed by atoms with Crippen LogP contribution >= 0.6 is 0 Å². The Morgan fingerprint density at radius 2 is 1.89 bits per heavy atom. The first-order valence-corrected chi connectivity index (χ1v) is 6.99. The summed E-state index contributed by atoms with van der Waals surface area (Å²) in [5, 5.41) is 8.86. The number of rotatable bonds is 8. The number of hydrogen-bond donors (Lipinski definition) is 1. The van der Waals surface area contributed by atoms with E-state index >= 15 is 0 Å². The van der Waals surface area contributed by atoms with Crippen molar-refractivity contribution >= 4 is 6.08 Å². The lowest BCUT2D eigenvalue weighted by Gasteiger charge is -2.03.